The second kappa shape index (κ2) is 3.59. The molecule has 0 fully saturated rings. The molecule has 1 aromatic carbocycles. The smallest absolute Gasteiger partial charge is 0.137 e. The maximum Gasteiger partial charge on any atom is 0.137 e. The Hall–Kier alpha value is -1.01. The van der Waals surface area contributed by atoms with Gasteiger partial charge in [-0.05, 0) is 30.9 Å². The summed E-state index contributed by atoms with van der Waals surface area (Å²) < 4.78 is 13.0. The van der Waals surface area contributed by atoms with Gasteiger partial charge in [-0.2, -0.15) is 5.26 Å². The van der Waals surface area contributed by atoms with Crippen molar-refractivity contribution in [2.75, 3.05) is 6.26 Å². The lowest BCUT2D eigenvalue weighted by Gasteiger charge is -2.04. The summed E-state index contributed by atoms with van der Waals surface area (Å²) in [6, 6.07) is 4.85. The van der Waals surface area contributed by atoms with Crippen LogP contribution in [0.2, 0.25) is 0 Å². The van der Waals surface area contributed by atoms with Gasteiger partial charge in [0, 0.05) is 4.90 Å². The van der Waals surface area contributed by atoms with Crippen LogP contribution in [0.15, 0.2) is 17.0 Å². The molecule has 0 N–H and O–H groups in total. The minimum Gasteiger partial charge on any atom is -0.206 e. The molecule has 62 valence electrons. The van der Waals surface area contributed by atoms with Gasteiger partial charge in [-0.25, -0.2) is 4.39 Å². The highest BCUT2D eigenvalue weighted by Gasteiger charge is 2.07. The van der Waals surface area contributed by atoms with Gasteiger partial charge < -0.3 is 0 Å². The Labute approximate surface area is 75.2 Å². The molecular formula is C9H8FNS. The van der Waals surface area contributed by atoms with Crippen LogP contribution in [-0.2, 0) is 0 Å². The second-order valence-electron chi connectivity index (χ2n) is 2.36. The van der Waals surface area contributed by atoms with Crippen molar-refractivity contribution >= 4 is 11.8 Å². The van der Waals surface area contributed by atoms with Crippen molar-refractivity contribution in [3.8, 4) is 6.07 Å². The molecule has 0 aliphatic heterocycles. The van der Waals surface area contributed by atoms with Crippen LogP contribution in [0.1, 0.15) is 11.1 Å². The molecule has 0 heterocycles. The van der Waals surface area contributed by atoms with E-state index in [9.17, 15) is 4.39 Å². The standard InChI is InChI=1S/C9H8FNS/c1-6-7(5-11)3-4-8(10)9(6)12-2/h3-4H,1-2H3. The van der Waals surface area contributed by atoms with Gasteiger partial charge in [0.15, 0.2) is 0 Å². The maximum absolute atomic E-state index is 13.0. The summed E-state index contributed by atoms with van der Waals surface area (Å²) in [5.74, 6) is -0.251. The first-order valence-electron chi connectivity index (χ1n) is 3.44. The summed E-state index contributed by atoms with van der Waals surface area (Å²) in [5, 5.41) is 8.65. The van der Waals surface area contributed by atoms with E-state index in [0.717, 1.165) is 5.56 Å². The van der Waals surface area contributed by atoms with Gasteiger partial charge in [0.25, 0.3) is 0 Å². The first-order valence-corrected chi connectivity index (χ1v) is 4.66. The van der Waals surface area contributed by atoms with Crippen molar-refractivity contribution in [3.05, 3.63) is 29.1 Å². The first kappa shape index (κ1) is 9.08. The van der Waals surface area contributed by atoms with Crippen molar-refractivity contribution in [3.63, 3.8) is 0 Å². The summed E-state index contributed by atoms with van der Waals surface area (Å²) in [6.07, 6.45) is 1.80. The Balaban J connectivity index is 3.36. The second-order valence-corrected chi connectivity index (χ2v) is 3.18. The average molecular weight is 181 g/mol. The maximum atomic E-state index is 13.0. The molecule has 12 heavy (non-hydrogen) atoms. The zero-order chi connectivity index (χ0) is 9.14. The van der Waals surface area contributed by atoms with Gasteiger partial charge in [0.2, 0.25) is 0 Å². The predicted octanol–water partition coefficient (Wildman–Crippen LogP) is 2.73. The molecule has 1 aromatic rings. The SMILES string of the molecule is CSc1c(F)ccc(C#N)c1C. The fraction of sp³-hybridized carbons (Fsp3) is 0.222. The Kier molecular flexibility index (Phi) is 2.72. The van der Waals surface area contributed by atoms with Crippen LogP contribution in [0.25, 0.3) is 0 Å². The quantitative estimate of drug-likeness (QED) is 0.622. The van der Waals surface area contributed by atoms with Gasteiger partial charge in [-0.15, -0.1) is 11.8 Å². The number of nitriles is 1. The summed E-state index contributed by atoms with van der Waals surface area (Å²) in [6.45, 7) is 1.76. The molecule has 3 heteroatoms. The van der Waals surface area contributed by atoms with E-state index >= 15 is 0 Å². The molecule has 0 aliphatic rings. The number of thioether (sulfide) groups is 1. The molecule has 0 saturated carbocycles. The monoisotopic (exact) mass is 181 g/mol. The van der Waals surface area contributed by atoms with Crippen molar-refractivity contribution in [1.82, 2.24) is 0 Å². The predicted molar refractivity (Wildman–Crippen MR) is 47.6 cm³/mol. The number of nitrogens with zero attached hydrogens (tertiary/aromatic N) is 1. The van der Waals surface area contributed by atoms with Crippen LogP contribution in [-0.4, -0.2) is 6.26 Å². The fourth-order valence-corrected chi connectivity index (χ4v) is 1.71. The van der Waals surface area contributed by atoms with Crippen molar-refractivity contribution in [2.24, 2.45) is 0 Å². The lowest BCUT2D eigenvalue weighted by molar-refractivity contribution is 0.599. The van der Waals surface area contributed by atoms with E-state index in [-0.39, 0.29) is 5.82 Å². The average Bonchev–Trinajstić information content (AvgIpc) is 2.06. The lowest BCUT2D eigenvalue weighted by atomic mass is 10.1. The zero-order valence-corrected chi connectivity index (χ0v) is 7.70. The van der Waals surface area contributed by atoms with Crippen LogP contribution in [0, 0.1) is 24.1 Å². The third-order valence-corrected chi connectivity index (χ3v) is 2.59. The minimum absolute atomic E-state index is 0.251. The summed E-state index contributed by atoms with van der Waals surface area (Å²) >= 11 is 1.33. The molecule has 0 spiro atoms. The minimum atomic E-state index is -0.251. The van der Waals surface area contributed by atoms with Crippen molar-refractivity contribution in [1.29, 1.82) is 5.26 Å². The van der Waals surface area contributed by atoms with E-state index in [1.54, 1.807) is 13.2 Å². The Morgan fingerprint density at radius 2 is 2.17 bits per heavy atom. The van der Waals surface area contributed by atoms with Crippen LogP contribution >= 0.6 is 11.8 Å². The summed E-state index contributed by atoms with van der Waals surface area (Å²) in [5.41, 5.74) is 1.27. The number of halogens is 1. The van der Waals surface area contributed by atoms with Crippen molar-refractivity contribution in [2.45, 2.75) is 11.8 Å². The van der Waals surface area contributed by atoms with E-state index in [0.29, 0.717) is 10.5 Å². The number of rotatable bonds is 1. The molecule has 0 unspecified atom stereocenters. The van der Waals surface area contributed by atoms with Crippen LogP contribution in [0.3, 0.4) is 0 Å². The van der Waals surface area contributed by atoms with Crippen LogP contribution in [0.5, 0.6) is 0 Å². The third kappa shape index (κ3) is 1.44. The van der Waals surface area contributed by atoms with Gasteiger partial charge in [-0.1, -0.05) is 0 Å². The van der Waals surface area contributed by atoms with Crippen LogP contribution in [0.4, 0.5) is 4.39 Å². The van der Waals surface area contributed by atoms with E-state index < -0.39 is 0 Å². The number of hydrogen-bond donors (Lipinski definition) is 0. The lowest BCUT2D eigenvalue weighted by Crippen LogP contribution is -1.89. The van der Waals surface area contributed by atoms with E-state index in [4.69, 9.17) is 5.26 Å². The highest BCUT2D eigenvalue weighted by atomic mass is 32.2. The van der Waals surface area contributed by atoms with E-state index in [2.05, 4.69) is 0 Å². The van der Waals surface area contributed by atoms with E-state index in [1.807, 2.05) is 6.07 Å². The summed E-state index contributed by atoms with van der Waals surface area (Å²) in [7, 11) is 0. The molecule has 0 radical (unpaired) electrons. The normalized spacial score (nSPS) is 9.50. The molecular weight excluding hydrogens is 173 g/mol. The molecule has 1 nitrogen and oxygen atoms in total. The Morgan fingerprint density at radius 1 is 1.50 bits per heavy atom. The highest BCUT2D eigenvalue weighted by molar-refractivity contribution is 7.98. The molecule has 0 bridgehead atoms. The van der Waals surface area contributed by atoms with Gasteiger partial charge in [-0.3, -0.25) is 0 Å². The highest BCUT2D eigenvalue weighted by Crippen LogP contribution is 2.25. The van der Waals surface area contributed by atoms with Crippen molar-refractivity contribution < 1.29 is 4.39 Å². The molecule has 0 aliphatic carbocycles. The Morgan fingerprint density at radius 3 is 2.67 bits per heavy atom. The molecule has 0 amide bonds. The third-order valence-electron chi connectivity index (χ3n) is 1.68. The molecule has 0 aromatic heterocycles. The number of hydrogen-bond acceptors (Lipinski definition) is 2. The first-order chi connectivity index (χ1) is 5.70. The molecule has 0 atom stereocenters. The van der Waals surface area contributed by atoms with Gasteiger partial charge >= 0.3 is 0 Å². The number of benzene rings is 1. The molecule has 1 rings (SSSR count). The zero-order valence-electron chi connectivity index (χ0n) is 6.89. The molecule has 0 saturated heterocycles. The van der Waals surface area contributed by atoms with Gasteiger partial charge in [0.05, 0.1) is 11.6 Å². The Bertz CT molecular complexity index is 341. The van der Waals surface area contributed by atoms with E-state index in [1.165, 1.54) is 23.9 Å². The summed E-state index contributed by atoms with van der Waals surface area (Å²) in [4.78, 5) is 0.564. The fourth-order valence-electron chi connectivity index (χ4n) is 1.03. The van der Waals surface area contributed by atoms with Crippen LogP contribution < -0.4 is 0 Å². The topological polar surface area (TPSA) is 23.8 Å². The largest absolute Gasteiger partial charge is 0.206 e. The van der Waals surface area contributed by atoms with Gasteiger partial charge in [0.1, 0.15) is 5.82 Å².